The summed E-state index contributed by atoms with van der Waals surface area (Å²) in [7, 11) is 0. The van der Waals surface area contributed by atoms with E-state index < -0.39 is 0 Å². The number of nitrogens with one attached hydrogen (secondary N) is 1. The van der Waals surface area contributed by atoms with Crippen LogP contribution < -0.4 is 5.32 Å². The predicted molar refractivity (Wildman–Crippen MR) is 74.0 cm³/mol. The van der Waals surface area contributed by atoms with Crippen LogP contribution in [0.1, 0.15) is 24.6 Å². The van der Waals surface area contributed by atoms with Crippen molar-refractivity contribution >= 4 is 10.9 Å². The average Bonchev–Trinajstić information content (AvgIpc) is 2.86. The Hall–Kier alpha value is -1.39. The van der Waals surface area contributed by atoms with Gasteiger partial charge in [-0.1, -0.05) is 18.2 Å². The van der Waals surface area contributed by atoms with E-state index in [4.69, 9.17) is 9.84 Å². The third kappa shape index (κ3) is 1.86. The van der Waals surface area contributed by atoms with Crippen LogP contribution in [0.3, 0.4) is 0 Å². The molecule has 2 aliphatic rings. The number of fused-ring (bicyclic) bond motifs is 3. The molecule has 0 spiro atoms. The monoisotopic (exact) mass is 257 g/mol. The van der Waals surface area contributed by atoms with Crippen LogP contribution in [0.5, 0.6) is 0 Å². The second-order valence-electron chi connectivity index (χ2n) is 5.52. The zero-order valence-corrected chi connectivity index (χ0v) is 11.0. The molecule has 1 aromatic heterocycles. The van der Waals surface area contributed by atoms with Crippen LogP contribution in [0.4, 0.5) is 0 Å². The first-order valence-electron chi connectivity index (χ1n) is 7.21. The van der Waals surface area contributed by atoms with Crippen molar-refractivity contribution < 1.29 is 4.74 Å². The molecule has 4 heteroatoms. The summed E-state index contributed by atoms with van der Waals surface area (Å²) in [5.41, 5.74) is 2.38. The summed E-state index contributed by atoms with van der Waals surface area (Å²) >= 11 is 0. The maximum absolute atomic E-state index is 6.11. The Bertz CT molecular complexity index is 586. The lowest BCUT2D eigenvalue weighted by atomic mass is 9.90. The number of nitrogens with zero attached hydrogens (tertiary/aromatic N) is 2. The molecule has 0 amide bonds. The fourth-order valence-electron chi connectivity index (χ4n) is 3.41. The minimum Gasteiger partial charge on any atom is -0.370 e. The first-order valence-corrected chi connectivity index (χ1v) is 7.21. The van der Waals surface area contributed by atoms with Gasteiger partial charge >= 0.3 is 0 Å². The smallest absolute Gasteiger partial charge is 0.104 e. The lowest BCUT2D eigenvalue weighted by molar-refractivity contribution is -0.0257. The molecule has 2 aromatic rings. The number of hydrogen-bond acceptors (Lipinski definition) is 3. The minimum absolute atomic E-state index is 0.203. The van der Waals surface area contributed by atoms with Gasteiger partial charge in [-0.05, 0) is 25.5 Å². The quantitative estimate of drug-likeness (QED) is 0.850. The fraction of sp³-hybridized carbons (Fsp3) is 0.533. The van der Waals surface area contributed by atoms with Crippen molar-refractivity contribution in [3.63, 3.8) is 0 Å². The van der Waals surface area contributed by atoms with E-state index in [9.17, 15) is 0 Å². The molecular weight excluding hydrogens is 238 g/mol. The lowest BCUT2D eigenvalue weighted by Gasteiger charge is -2.34. The van der Waals surface area contributed by atoms with Crippen molar-refractivity contribution in [3.05, 3.63) is 30.0 Å². The third-order valence-electron chi connectivity index (χ3n) is 4.32. The summed E-state index contributed by atoms with van der Waals surface area (Å²) in [6, 6.07) is 8.41. The van der Waals surface area contributed by atoms with Crippen molar-refractivity contribution in [2.75, 3.05) is 19.7 Å². The van der Waals surface area contributed by atoms with E-state index in [2.05, 4.69) is 34.3 Å². The molecule has 4 nitrogen and oxygen atoms in total. The van der Waals surface area contributed by atoms with Gasteiger partial charge in [0.1, 0.15) is 6.10 Å². The number of ether oxygens (including phenoxy) is 1. The highest BCUT2D eigenvalue weighted by atomic mass is 16.5. The molecule has 19 heavy (non-hydrogen) atoms. The van der Waals surface area contributed by atoms with Crippen molar-refractivity contribution in [1.29, 1.82) is 0 Å². The Morgan fingerprint density at radius 1 is 1.32 bits per heavy atom. The molecular formula is C15H19N3O. The van der Waals surface area contributed by atoms with Crippen molar-refractivity contribution in [2.45, 2.75) is 25.5 Å². The Balaban J connectivity index is 1.80. The molecule has 0 bridgehead atoms. The van der Waals surface area contributed by atoms with Crippen molar-refractivity contribution in [3.8, 4) is 0 Å². The van der Waals surface area contributed by atoms with E-state index in [1.54, 1.807) is 0 Å². The maximum atomic E-state index is 6.11. The SMILES string of the molecule is c1ccc2c3n(nc2c1)CCOC3[C@H]1CCCNC1. The third-order valence-corrected chi connectivity index (χ3v) is 4.32. The summed E-state index contributed by atoms with van der Waals surface area (Å²) in [4.78, 5) is 0. The van der Waals surface area contributed by atoms with Crippen LogP contribution in [0, 0.1) is 5.92 Å². The standard InChI is InChI=1S/C15H19N3O/c1-2-6-13-12(5-1)14-15(11-4-3-7-16-10-11)19-9-8-18(14)17-13/h1-2,5-6,11,15-16H,3-4,7-10H2/t11-,15?/m0/s1. The average molecular weight is 257 g/mol. The molecule has 0 saturated carbocycles. The second kappa shape index (κ2) is 4.62. The maximum Gasteiger partial charge on any atom is 0.104 e. The van der Waals surface area contributed by atoms with Crippen molar-refractivity contribution in [1.82, 2.24) is 15.1 Å². The molecule has 2 atom stereocenters. The van der Waals surface area contributed by atoms with Crippen molar-refractivity contribution in [2.24, 2.45) is 5.92 Å². The molecule has 0 aliphatic carbocycles. The van der Waals surface area contributed by atoms with E-state index >= 15 is 0 Å². The molecule has 1 unspecified atom stereocenters. The Morgan fingerprint density at radius 3 is 3.16 bits per heavy atom. The van der Waals surface area contributed by atoms with Gasteiger partial charge in [-0.15, -0.1) is 0 Å². The van der Waals surface area contributed by atoms with Gasteiger partial charge in [0.15, 0.2) is 0 Å². The molecule has 2 aliphatic heterocycles. The van der Waals surface area contributed by atoms with Gasteiger partial charge in [-0.3, -0.25) is 4.68 Å². The Kier molecular flexibility index (Phi) is 2.78. The number of piperidine rings is 1. The molecule has 0 radical (unpaired) electrons. The molecule has 1 aromatic carbocycles. The molecule has 100 valence electrons. The first-order chi connectivity index (χ1) is 9.43. The van der Waals surface area contributed by atoms with E-state index in [0.717, 1.165) is 31.8 Å². The minimum atomic E-state index is 0.203. The summed E-state index contributed by atoms with van der Waals surface area (Å²) in [5, 5.41) is 9.47. The van der Waals surface area contributed by atoms with Gasteiger partial charge in [0.05, 0.1) is 24.4 Å². The molecule has 1 fully saturated rings. The van der Waals surface area contributed by atoms with E-state index in [1.165, 1.54) is 23.9 Å². The van der Waals surface area contributed by atoms with Crippen LogP contribution in [-0.2, 0) is 11.3 Å². The largest absolute Gasteiger partial charge is 0.370 e. The van der Waals surface area contributed by atoms with E-state index in [-0.39, 0.29) is 6.10 Å². The van der Waals surface area contributed by atoms with Gasteiger partial charge in [0, 0.05) is 17.8 Å². The number of rotatable bonds is 1. The Morgan fingerprint density at radius 2 is 2.26 bits per heavy atom. The zero-order valence-electron chi connectivity index (χ0n) is 11.0. The topological polar surface area (TPSA) is 39.1 Å². The normalized spacial score (nSPS) is 27.4. The number of hydrogen-bond donors (Lipinski definition) is 1. The fourth-order valence-corrected chi connectivity index (χ4v) is 3.41. The van der Waals surface area contributed by atoms with Crippen LogP contribution in [-0.4, -0.2) is 29.5 Å². The Labute approximate surface area is 112 Å². The van der Waals surface area contributed by atoms with Crippen LogP contribution in [0.25, 0.3) is 10.9 Å². The van der Waals surface area contributed by atoms with Crippen LogP contribution in [0.2, 0.25) is 0 Å². The van der Waals surface area contributed by atoms with Gasteiger partial charge < -0.3 is 10.1 Å². The highest BCUT2D eigenvalue weighted by Crippen LogP contribution is 2.36. The summed E-state index contributed by atoms with van der Waals surface area (Å²) in [6.07, 6.45) is 2.70. The summed E-state index contributed by atoms with van der Waals surface area (Å²) in [5.74, 6) is 0.577. The van der Waals surface area contributed by atoms with E-state index in [0.29, 0.717) is 5.92 Å². The van der Waals surface area contributed by atoms with Crippen LogP contribution in [0.15, 0.2) is 24.3 Å². The lowest BCUT2D eigenvalue weighted by Crippen LogP contribution is -2.37. The van der Waals surface area contributed by atoms with E-state index in [1.807, 2.05) is 0 Å². The number of benzene rings is 1. The molecule has 1 N–H and O–H groups in total. The second-order valence-corrected chi connectivity index (χ2v) is 5.52. The molecule has 4 rings (SSSR count). The van der Waals surface area contributed by atoms with Gasteiger partial charge in [-0.2, -0.15) is 5.10 Å². The summed E-state index contributed by atoms with van der Waals surface area (Å²) in [6.45, 7) is 3.86. The molecule has 1 saturated heterocycles. The van der Waals surface area contributed by atoms with Crippen LogP contribution >= 0.6 is 0 Å². The predicted octanol–water partition coefficient (Wildman–Crippen LogP) is 2.11. The zero-order chi connectivity index (χ0) is 12.7. The van der Waals surface area contributed by atoms with Gasteiger partial charge in [0.2, 0.25) is 0 Å². The highest BCUT2D eigenvalue weighted by Gasteiger charge is 2.32. The first kappa shape index (κ1) is 11.4. The summed E-state index contributed by atoms with van der Waals surface area (Å²) < 4.78 is 8.27. The van der Waals surface area contributed by atoms with Gasteiger partial charge in [-0.25, -0.2) is 0 Å². The van der Waals surface area contributed by atoms with Gasteiger partial charge in [0.25, 0.3) is 0 Å². The highest BCUT2D eigenvalue weighted by molar-refractivity contribution is 5.82. The molecule has 3 heterocycles. The number of aromatic nitrogens is 2.